The Labute approximate surface area is 108 Å². The molecule has 0 saturated heterocycles. The topological polar surface area (TPSA) is 47.3 Å². The van der Waals surface area contributed by atoms with Gasteiger partial charge < -0.3 is 15.8 Å². The van der Waals surface area contributed by atoms with E-state index in [4.69, 9.17) is 5.73 Å². The minimum absolute atomic E-state index is 0.295. The molecule has 0 atom stereocenters. The lowest BCUT2D eigenvalue weighted by Crippen LogP contribution is -2.33. The average Bonchev–Trinajstić information content (AvgIpc) is 2.36. The predicted octanol–water partition coefficient (Wildman–Crippen LogP) is 2.36. The van der Waals surface area contributed by atoms with E-state index >= 15 is 0 Å². The molecule has 1 aromatic rings. The van der Waals surface area contributed by atoms with Crippen LogP contribution in [0, 0.1) is 0 Å². The maximum atomic E-state index is 12.6. The third-order valence-electron chi connectivity index (χ3n) is 2.32. The monoisotopic (exact) mass is 280 g/mol. The van der Waals surface area contributed by atoms with Gasteiger partial charge in [0.1, 0.15) is 5.75 Å². The molecule has 0 saturated carbocycles. The molecule has 7 heteroatoms. The van der Waals surface area contributed by atoms with Crippen LogP contribution in [0.2, 0.25) is 0 Å². The minimum atomic E-state index is -4.47. The summed E-state index contributed by atoms with van der Waals surface area (Å²) < 4.78 is 53.0. The molecular formula is C12H16F4N2O. The smallest absolute Gasteiger partial charge is 0.428 e. The van der Waals surface area contributed by atoms with E-state index in [-0.39, 0.29) is 5.75 Å². The highest BCUT2D eigenvalue weighted by Crippen LogP contribution is 2.27. The van der Waals surface area contributed by atoms with Crippen molar-refractivity contribution in [3.8, 4) is 5.75 Å². The summed E-state index contributed by atoms with van der Waals surface area (Å²) in [6, 6.07) is 5.53. The van der Waals surface area contributed by atoms with E-state index < -0.39 is 12.5 Å². The highest BCUT2D eigenvalue weighted by molar-refractivity contribution is 5.27. The molecule has 0 aliphatic rings. The first-order valence-electron chi connectivity index (χ1n) is 5.80. The molecule has 0 amide bonds. The molecule has 108 valence electrons. The Balaban J connectivity index is 2.47. The lowest BCUT2D eigenvalue weighted by molar-refractivity contribution is -0.253. The van der Waals surface area contributed by atoms with Crippen molar-refractivity contribution in [3.63, 3.8) is 0 Å². The standard InChI is InChI=1S/C12H16F4N2O/c13-11(14)12(15,16)19-10-4-2-9(3-5-10)8-18-7-1-6-17/h2-5,11,18H,1,6-8,17H2. The van der Waals surface area contributed by atoms with Crippen LogP contribution in [0.1, 0.15) is 12.0 Å². The van der Waals surface area contributed by atoms with Crippen molar-refractivity contribution < 1.29 is 22.3 Å². The van der Waals surface area contributed by atoms with Gasteiger partial charge in [0.25, 0.3) is 0 Å². The van der Waals surface area contributed by atoms with E-state index in [1.54, 1.807) is 0 Å². The van der Waals surface area contributed by atoms with Crippen LogP contribution in [0.25, 0.3) is 0 Å². The molecule has 1 aromatic carbocycles. The van der Waals surface area contributed by atoms with Crippen LogP contribution in [-0.4, -0.2) is 25.6 Å². The van der Waals surface area contributed by atoms with Gasteiger partial charge in [-0.1, -0.05) is 12.1 Å². The van der Waals surface area contributed by atoms with Gasteiger partial charge in [-0.15, -0.1) is 0 Å². The number of rotatable bonds is 8. The Kier molecular flexibility index (Phi) is 6.04. The third kappa shape index (κ3) is 5.44. The summed E-state index contributed by atoms with van der Waals surface area (Å²) in [5.74, 6) is -0.295. The average molecular weight is 280 g/mol. The molecule has 0 aliphatic carbocycles. The van der Waals surface area contributed by atoms with Gasteiger partial charge in [0.2, 0.25) is 0 Å². The minimum Gasteiger partial charge on any atom is -0.428 e. The molecule has 0 spiro atoms. The van der Waals surface area contributed by atoms with Crippen molar-refractivity contribution in [2.45, 2.75) is 25.5 Å². The number of hydrogen-bond donors (Lipinski definition) is 2. The predicted molar refractivity (Wildman–Crippen MR) is 63.4 cm³/mol. The van der Waals surface area contributed by atoms with Crippen LogP contribution in [0.4, 0.5) is 17.6 Å². The van der Waals surface area contributed by atoms with Crippen molar-refractivity contribution >= 4 is 0 Å². The van der Waals surface area contributed by atoms with Crippen LogP contribution in [0.3, 0.4) is 0 Å². The molecule has 0 aromatic heterocycles. The second-order valence-corrected chi connectivity index (χ2v) is 3.93. The van der Waals surface area contributed by atoms with Crippen molar-refractivity contribution in [2.24, 2.45) is 5.73 Å². The first-order valence-corrected chi connectivity index (χ1v) is 5.80. The van der Waals surface area contributed by atoms with Crippen LogP contribution in [0.15, 0.2) is 24.3 Å². The Hall–Kier alpha value is -1.34. The zero-order valence-electron chi connectivity index (χ0n) is 10.2. The number of benzene rings is 1. The quantitative estimate of drug-likeness (QED) is 0.567. The van der Waals surface area contributed by atoms with Gasteiger partial charge in [0, 0.05) is 6.54 Å². The van der Waals surface area contributed by atoms with Crippen molar-refractivity contribution in [3.05, 3.63) is 29.8 Å². The van der Waals surface area contributed by atoms with E-state index in [1.165, 1.54) is 24.3 Å². The fraction of sp³-hybridized carbons (Fsp3) is 0.500. The lowest BCUT2D eigenvalue weighted by atomic mass is 10.2. The fourth-order valence-corrected chi connectivity index (χ4v) is 1.34. The maximum absolute atomic E-state index is 12.6. The summed E-state index contributed by atoms with van der Waals surface area (Å²) in [4.78, 5) is 0. The van der Waals surface area contributed by atoms with Gasteiger partial charge in [-0.3, -0.25) is 0 Å². The highest BCUT2D eigenvalue weighted by atomic mass is 19.3. The second kappa shape index (κ2) is 7.30. The van der Waals surface area contributed by atoms with Gasteiger partial charge >= 0.3 is 12.5 Å². The summed E-state index contributed by atoms with van der Waals surface area (Å²) in [5, 5.41) is 3.10. The Morgan fingerprint density at radius 1 is 1.21 bits per heavy atom. The normalized spacial score (nSPS) is 11.9. The number of nitrogens with two attached hydrogens (primary N) is 1. The molecule has 0 aliphatic heterocycles. The van der Waals surface area contributed by atoms with Gasteiger partial charge in [-0.25, -0.2) is 0 Å². The van der Waals surface area contributed by atoms with Crippen LogP contribution in [-0.2, 0) is 6.54 Å². The first-order chi connectivity index (χ1) is 8.95. The van der Waals surface area contributed by atoms with E-state index in [9.17, 15) is 17.6 Å². The SMILES string of the molecule is NCCCNCc1ccc(OC(F)(F)C(F)F)cc1. The fourth-order valence-electron chi connectivity index (χ4n) is 1.34. The zero-order chi connectivity index (χ0) is 14.3. The van der Waals surface area contributed by atoms with Crippen molar-refractivity contribution in [2.75, 3.05) is 13.1 Å². The van der Waals surface area contributed by atoms with E-state index in [0.717, 1.165) is 18.5 Å². The molecule has 0 radical (unpaired) electrons. The number of ether oxygens (including phenoxy) is 1. The number of hydrogen-bond acceptors (Lipinski definition) is 3. The maximum Gasteiger partial charge on any atom is 0.461 e. The van der Waals surface area contributed by atoms with Gasteiger partial charge in [0.05, 0.1) is 0 Å². The third-order valence-corrected chi connectivity index (χ3v) is 2.32. The van der Waals surface area contributed by atoms with E-state index in [2.05, 4.69) is 10.1 Å². The number of alkyl halides is 4. The lowest BCUT2D eigenvalue weighted by Gasteiger charge is -2.16. The molecular weight excluding hydrogens is 264 g/mol. The Morgan fingerprint density at radius 3 is 2.37 bits per heavy atom. The van der Waals surface area contributed by atoms with Crippen molar-refractivity contribution in [1.82, 2.24) is 5.32 Å². The van der Waals surface area contributed by atoms with Gasteiger partial charge in [0.15, 0.2) is 0 Å². The van der Waals surface area contributed by atoms with Crippen LogP contribution < -0.4 is 15.8 Å². The Bertz CT molecular complexity index is 370. The summed E-state index contributed by atoms with van der Waals surface area (Å²) in [7, 11) is 0. The first kappa shape index (κ1) is 15.7. The highest BCUT2D eigenvalue weighted by Gasteiger charge is 2.43. The molecule has 3 N–H and O–H groups in total. The summed E-state index contributed by atoms with van der Waals surface area (Å²) >= 11 is 0. The van der Waals surface area contributed by atoms with Crippen molar-refractivity contribution in [1.29, 1.82) is 0 Å². The molecule has 0 bridgehead atoms. The zero-order valence-corrected chi connectivity index (χ0v) is 10.2. The largest absolute Gasteiger partial charge is 0.461 e. The summed E-state index contributed by atoms with van der Waals surface area (Å²) in [5.41, 5.74) is 6.16. The van der Waals surface area contributed by atoms with Crippen LogP contribution >= 0.6 is 0 Å². The summed E-state index contributed by atoms with van der Waals surface area (Å²) in [6.45, 7) is 1.88. The van der Waals surface area contributed by atoms with Gasteiger partial charge in [-0.05, 0) is 37.2 Å². The summed E-state index contributed by atoms with van der Waals surface area (Å²) in [6.07, 6.45) is -7.49. The Morgan fingerprint density at radius 2 is 1.84 bits per heavy atom. The number of halogens is 4. The molecule has 0 fully saturated rings. The van der Waals surface area contributed by atoms with Gasteiger partial charge in [-0.2, -0.15) is 17.6 Å². The molecule has 3 nitrogen and oxygen atoms in total. The van der Waals surface area contributed by atoms with E-state index in [1.807, 2.05) is 0 Å². The van der Waals surface area contributed by atoms with Crippen LogP contribution in [0.5, 0.6) is 5.75 Å². The van der Waals surface area contributed by atoms with E-state index in [0.29, 0.717) is 13.1 Å². The molecule has 1 rings (SSSR count). The molecule has 0 unspecified atom stereocenters. The molecule has 0 heterocycles. The number of nitrogens with one attached hydrogen (secondary N) is 1. The second-order valence-electron chi connectivity index (χ2n) is 3.93. The molecule has 19 heavy (non-hydrogen) atoms.